The van der Waals surface area contributed by atoms with E-state index in [9.17, 15) is 4.79 Å². The number of hydrogen-bond donors (Lipinski definition) is 1. The van der Waals surface area contributed by atoms with Crippen molar-refractivity contribution in [1.82, 2.24) is 10.1 Å². The van der Waals surface area contributed by atoms with E-state index in [-0.39, 0.29) is 5.56 Å². The second kappa shape index (κ2) is 3.77. The third-order valence-corrected chi connectivity index (χ3v) is 2.22. The maximum absolute atomic E-state index is 11.0. The monoisotopic (exact) mass is 218 g/mol. The number of nitrogens with zero attached hydrogens (tertiary/aromatic N) is 2. The highest BCUT2D eigenvalue weighted by Crippen LogP contribution is 2.24. The third kappa shape index (κ3) is 1.67. The van der Waals surface area contributed by atoms with Crippen LogP contribution in [0.2, 0.25) is 0 Å². The summed E-state index contributed by atoms with van der Waals surface area (Å²) in [6.45, 7) is 3.45. The molecule has 0 aliphatic rings. The molecule has 2 rings (SSSR count). The van der Waals surface area contributed by atoms with Crippen LogP contribution in [0, 0.1) is 13.8 Å². The predicted molar refractivity (Wildman–Crippen MR) is 56.2 cm³/mol. The molecule has 0 saturated carbocycles. The van der Waals surface area contributed by atoms with Gasteiger partial charge in [-0.05, 0) is 25.5 Å². The number of hydrogen-bond acceptors (Lipinski definition) is 4. The standard InChI is InChI=1S/C11H10N2O3/c1-6-3-8(5-12-4-6)10-9(11(14)15)7(2)16-13-10/h3-5H,1-2H3,(H,14,15). The SMILES string of the molecule is Cc1cncc(-c2noc(C)c2C(=O)O)c1. The number of carboxylic acid groups (broad SMARTS) is 1. The fourth-order valence-electron chi connectivity index (χ4n) is 1.51. The smallest absolute Gasteiger partial charge is 0.341 e. The van der Waals surface area contributed by atoms with E-state index in [0.717, 1.165) is 5.56 Å². The molecule has 0 atom stereocenters. The normalized spacial score (nSPS) is 10.4. The Hall–Kier alpha value is -2.17. The fraction of sp³-hybridized carbons (Fsp3) is 0.182. The van der Waals surface area contributed by atoms with Crippen molar-refractivity contribution in [2.45, 2.75) is 13.8 Å². The maximum Gasteiger partial charge on any atom is 0.341 e. The van der Waals surface area contributed by atoms with Gasteiger partial charge in [-0.2, -0.15) is 0 Å². The van der Waals surface area contributed by atoms with Gasteiger partial charge in [0.05, 0.1) is 0 Å². The molecular weight excluding hydrogens is 208 g/mol. The number of pyridine rings is 1. The van der Waals surface area contributed by atoms with Crippen LogP contribution in [-0.2, 0) is 0 Å². The Morgan fingerprint density at radius 3 is 2.75 bits per heavy atom. The fourth-order valence-corrected chi connectivity index (χ4v) is 1.51. The summed E-state index contributed by atoms with van der Waals surface area (Å²) < 4.78 is 4.89. The molecular formula is C11H10N2O3. The zero-order valence-corrected chi connectivity index (χ0v) is 8.89. The van der Waals surface area contributed by atoms with Crippen LogP contribution in [0.15, 0.2) is 23.0 Å². The second-order valence-electron chi connectivity index (χ2n) is 3.52. The van der Waals surface area contributed by atoms with Gasteiger partial charge in [0.25, 0.3) is 0 Å². The van der Waals surface area contributed by atoms with Crippen LogP contribution in [-0.4, -0.2) is 21.2 Å². The molecule has 1 N–H and O–H groups in total. The lowest BCUT2D eigenvalue weighted by Crippen LogP contribution is -1.99. The lowest BCUT2D eigenvalue weighted by molar-refractivity contribution is 0.0696. The summed E-state index contributed by atoms with van der Waals surface area (Å²) in [5, 5.41) is 12.8. The largest absolute Gasteiger partial charge is 0.477 e. The Bertz CT molecular complexity index is 546. The molecule has 0 spiro atoms. The molecule has 5 nitrogen and oxygen atoms in total. The summed E-state index contributed by atoms with van der Waals surface area (Å²) in [4.78, 5) is 15.0. The molecule has 0 amide bonds. The van der Waals surface area contributed by atoms with Crippen LogP contribution in [0.3, 0.4) is 0 Å². The Labute approximate surface area is 91.7 Å². The van der Waals surface area contributed by atoms with E-state index in [1.165, 1.54) is 0 Å². The van der Waals surface area contributed by atoms with Crippen LogP contribution in [0.4, 0.5) is 0 Å². The van der Waals surface area contributed by atoms with Gasteiger partial charge in [0, 0.05) is 18.0 Å². The Morgan fingerprint density at radius 2 is 2.12 bits per heavy atom. The van der Waals surface area contributed by atoms with Crippen LogP contribution >= 0.6 is 0 Å². The second-order valence-corrected chi connectivity index (χ2v) is 3.52. The van der Waals surface area contributed by atoms with E-state index in [1.807, 2.05) is 13.0 Å². The van der Waals surface area contributed by atoms with Gasteiger partial charge >= 0.3 is 5.97 Å². The van der Waals surface area contributed by atoms with E-state index in [4.69, 9.17) is 9.63 Å². The number of carbonyl (C=O) groups is 1. The molecule has 0 aliphatic carbocycles. The highest BCUT2D eigenvalue weighted by Gasteiger charge is 2.20. The Balaban J connectivity index is 2.60. The number of rotatable bonds is 2. The number of aromatic carboxylic acids is 1. The van der Waals surface area contributed by atoms with Crippen molar-refractivity contribution in [3.8, 4) is 11.3 Å². The van der Waals surface area contributed by atoms with Gasteiger partial charge in [-0.1, -0.05) is 5.16 Å². The minimum atomic E-state index is -1.05. The average molecular weight is 218 g/mol. The zero-order chi connectivity index (χ0) is 11.7. The van der Waals surface area contributed by atoms with E-state index in [2.05, 4.69) is 10.1 Å². The first kappa shape index (κ1) is 10.4. The molecule has 0 bridgehead atoms. The molecule has 0 aliphatic heterocycles. The van der Waals surface area contributed by atoms with Gasteiger partial charge in [0.1, 0.15) is 17.0 Å². The number of carboxylic acids is 1. The lowest BCUT2D eigenvalue weighted by Gasteiger charge is -1.98. The van der Waals surface area contributed by atoms with Gasteiger partial charge in [0.15, 0.2) is 0 Å². The van der Waals surface area contributed by atoms with Gasteiger partial charge in [0.2, 0.25) is 0 Å². The first-order valence-electron chi connectivity index (χ1n) is 4.71. The summed E-state index contributed by atoms with van der Waals surface area (Å²) in [7, 11) is 0. The van der Waals surface area contributed by atoms with E-state index in [1.54, 1.807) is 19.3 Å². The van der Waals surface area contributed by atoms with Crippen LogP contribution < -0.4 is 0 Å². The molecule has 5 heteroatoms. The molecule has 0 saturated heterocycles. The highest BCUT2D eigenvalue weighted by atomic mass is 16.5. The molecule has 0 fully saturated rings. The molecule has 2 aromatic heterocycles. The molecule has 0 radical (unpaired) electrons. The average Bonchev–Trinajstić information content (AvgIpc) is 2.60. The summed E-state index contributed by atoms with van der Waals surface area (Å²) >= 11 is 0. The van der Waals surface area contributed by atoms with Crippen molar-refractivity contribution in [3.63, 3.8) is 0 Å². The number of aryl methyl sites for hydroxylation is 2. The Kier molecular flexibility index (Phi) is 2.44. The molecule has 16 heavy (non-hydrogen) atoms. The van der Waals surface area contributed by atoms with Crippen LogP contribution in [0.5, 0.6) is 0 Å². The zero-order valence-electron chi connectivity index (χ0n) is 8.89. The first-order chi connectivity index (χ1) is 7.59. The molecule has 0 unspecified atom stereocenters. The highest BCUT2D eigenvalue weighted by molar-refractivity contribution is 5.95. The van der Waals surface area contributed by atoms with Crippen molar-refractivity contribution in [1.29, 1.82) is 0 Å². The topological polar surface area (TPSA) is 76.2 Å². The number of aromatic nitrogens is 2. The molecule has 2 aromatic rings. The van der Waals surface area contributed by atoms with Gasteiger partial charge in [-0.15, -0.1) is 0 Å². The minimum Gasteiger partial charge on any atom is -0.477 e. The van der Waals surface area contributed by atoms with Crippen LogP contribution in [0.25, 0.3) is 11.3 Å². The quantitative estimate of drug-likeness (QED) is 0.834. The Morgan fingerprint density at radius 1 is 1.38 bits per heavy atom. The van der Waals surface area contributed by atoms with E-state index < -0.39 is 5.97 Å². The molecule has 0 aromatic carbocycles. The van der Waals surface area contributed by atoms with Crippen molar-refractivity contribution < 1.29 is 14.4 Å². The minimum absolute atomic E-state index is 0.0902. The lowest BCUT2D eigenvalue weighted by atomic mass is 10.1. The van der Waals surface area contributed by atoms with Gasteiger partial charge in [-0.3, -0.25) is 4.98 Å². The summed E-state index contributed by atoms with van der Waals surface area (Å²) in [6, 6.07) is 1.82. The van der Waals surface area contributed by atoms with Gasteiger partial charge < -0.3 is 9.63 Å². The first-order valence-corrected chi connectivity index (χ1v) is 4.71. The van der Waals surface area contributed by atoms with Crippen LogP contribution in [0.1, 0.15) is 21.7 Å². The predicted octanol–water partition coefficient (Wildman–Crippen LogP) is 2.05. The molecule has 2 heterocycles. The maximum atomic E-state index is 11.0. The van der Waals surface area contributed by atoms with E-state index >= 15 is 0 Å². The van der Waals surface area contributed by atoms with E-state index in [0.29, 0.717) is 17.0 Å². The summed E-state index contributed by atoms with van der Waals surface area (Å²) in [6.07, 6.45) is 3.26. The third-order valence-electron chi connectivity index (χ3n) is 2.22. The summed E-state index contributed by atoms with van der Waals surface area (Å²) in [5.41, 5.74) is 2.00. The van der Waals surface area contributed by atoms with Crippen molar-refractivity contribution >= 4 is 5.97 Å². The van der Waals surface area contributed by atoms with Crippen molar-refractivity contribution in [2.75, 3.05) is 0 Å². The van der Waals surface area contributed by atoms with Crippen molar-refractivity contribution in [2.24, 2.45) is 0 Å². The van der Waals surface area contributed by atoms with Crippen molar-refractivity contribution in [3.05, 3.63) is 35.3 Å². The summed E-state index contributed by atoms with van der Waals surface area (Å²) in [5.74, 6) is -0.751. The van der Waals surface area contributed by atoms with Gasteiger partial charge in [-0.25, -0.2) is 4.79 Å². The molecule has 82 valence electrons.